The fourth-order valence-electron chi connectivity index (χ4n) is 2.55. The number of nitrogens with zero attached hydrogens (tertiary/aromatic N) is 3. The Morgan fingerprint density at radius 3 is 2.65 bits per heavy atom. The Morgan fingerprint density at radius 1 is 1.06 bits per heavy atom. The molecule has 3 heterocycles. The molecular weight excluding hydrogens is 236 g/mol. The molecular formula is C12H17ClN4. The zero-order valence-electron chi connectivity index (χ0n) is 9.88. The number of fused-ring (bicyclic) bond motifs is 1. The van der Waals surface area contributed by atoms with E-state index in [1.54, 1.807) is 0 Å². The van der Waals surface area contributed by atoms with Gasteiger partial charge >= 0.3 is 0 Å². The SMILES string of the molecule is Clc1nc(N2CCCC2)nc2c1CCNCC2. The molecule has 0 aromatic carbocycles. The lowest BCUT2D eigenvalue weighted by molar-refractivity contribution is 0.708. The average Bonchev–Trinajstić information content (AvgIpc) is 2.75. The normalized spacial score (nSPS) is 20.2. The number of hydrogen-bond acceptors (Lipinski definition) is 4. The number of hydrogen-bond donors (Lipinski definition) is 1. The molecule has 3 rings (SSSR count). The van der Waals surface area contributed by atoms with Crippen LogP contribution in [0.1, 0.15) is 24.1 Å². The first-order valence-electron chi connectivity index (χ1n) is 6.35. The Bertz CT molecular complexity index is 415. The van der Waals surface area contributed by atoms with Crippen LogP contribution in [0, 0.1) is 0 Å². The molecule has 1 aromatic heterocycles. The summed E-state index contributed by atoms with van der Waals surface area (Å²) in [5, 5.41) is 4.02. The average molecular weight is 253 g/mol. The first-order valence-corrected chi connectivity index (χ1v) is 6.73. The van der Waals surface area contributed by atoms with Crippen LogP contribution in [0.2, 0.25) is 5.15 Å². The van der Waals surface area contributed by atoms with Gasteiger partial charge in [-0.3, -0.25) is 0 Å². The van der Waals surface area contributed by atoms with Crippen molar-refractivity contribution in [2.45, 2.75) is 25.7 Å². The van der Waals surface area contributed by atoms with Crippen molar-refractivity contribution in [3.05, 3.63) is 16.4 Å². The fourth-order valence-corrected chi connectivity index (χ4v) is 2.82. The van der Waals surface area contributed by atoms with Crippen LogP contribution < -0.4 is 10.2 Å². The zero-order valence-corrected chi connectivity index (χ0v) is 10.6. The van der Waals surface area contributed by atoms with Gasteiger partial charge < -0.3 is 10.2 Å². The lowest BCUT2D eigenvalue weighted by Gasteiger charge is -2.17. The molecule has 0 aliphatic carbocycles. The summed E-state index contributed by atoms with van der Waals surface area (Å²) in [5.74, 6) is 0.827. The van der Waals surface area contributed by atoms with E-state index >= 15 is 0 Å². The molecule has 0 unspecified atom stereocenters. The summed E-state index contributed by atoms with van der Waals surface area (Å²) in [6, 6.07) is 0. The molecule has 4 nitrogen and oxygen atoms in total. The summed E-state index contributed by atoms with van der Waals surface area (Å²) in [6.45, 7) is 4.08. The van der Waals surface area contributed by atoms with E-state index in [9.17, 15) is 0 Å². The fraction of sp³-hybridized carbons (Fsp3) is 0.667. The van der Waals surface area contributed by atoms with E-state index in [4.69, 9.17) is 16.6 Å². The number of nitrogens with one attached hydrogen (secondary N) is 1. The minimum Gasteiger partial charge on any atom is -0.341 e. The van der Waals surface area contributed by atoms with Crippen molar-refractivity contribution >= 4 is 17.5 Å². The highest BCUT2D eigenvalue weighted by molar-refractivity contribution is 6.30. The van der Waals surface area contributed by atoms with E-state index < -0.39 is 0 Å². The van der Waals surface area contributed by atoms with E-state index in [2.05, 4.69) is 15.2 Å². The first kappa shape index (κ1) is 11.2. The molecule has 1 fully saturated rings. The molecule has 5 heteroatoms. The molecule has 92 valence electrons. The van der Waals surface area contributed by atoms with Crippen LogP contribution in [0.4, 0.5) is 5.95 Å². The molecule has 0 atom stereocenters. The smallest absolute Gasteiger partial charge is 0.227 e. The molecule has 0 spiro atoms. The summed E-state index contributed by atoms with van der Waals surface area (Å²) in [5.41, 5.74) is 2.27. The summed E-state index contributed by atoms with van der Waals surface area (Å²) in [7, 11) is 0. The molecule has 1 aromatic rings. The second kappa shape index (κ2) is 4.78. The molecule has 1 saturated heterocycles. The van der Waals surface area contributed by atoms with Crippen LogP contribution in [0.5, 0.6) is 0 Å². The van der Waals surface area contributed by atoms with Gasteiger partial charge in [-0.1, -0.05) is 11.6 Å². The van der Waals surface area contributed by atoms with Gasteiger partial charge in [0.15, 0.2) is 0 Å². The summed E-state index contributed by atoms with van der Waals surface area (Å²) >= 11 is 6.29. The van der Waals surface area contributed by atoms with Crippen LogP contribution in [0.15, 0.2) is 0 Å². The van der Waals surface area contributed by atoms with E-state index in [0.29, 0.717) is 5.15 Å². The third-order valence-electron chi connectivity index (χ3n) is 3.51. The maximum absolute atomic E-state index is 6.29. The minimum atomic E-state index is 0.653. The van der Waals surface area contributed by atoms with Crippen LogP contribution in [0.3, 0.4) is 0 Å². The number of anilines is 1. The van der Waals surface area contributed by atoms with E-state index in [-0.39, 0.29) is 0 Å². The number of halogens is 1. The topological polar surface area (TPSA) is 41.1 Å². The summed E-state index contributed by atoms with van der Waals surface area (Å²) in [4.78, 5) is 11.4. The van der Waals surface area contributed by atoms with Crippen molar-refractivity contribution in [3.8, 4) is 0 Å². The largest absolute Gasteiger partial charge is 0.341 e. The Balaban J connectivity index is 1.96. The molecule has 0 bridgehead atoms. The Labute approximate surface area is 106 Å². The highest BCUT2D eigenvalue weighted by atomic mass is 35.5. The first-order chi connectivity index (χ1) is 8.34. The quantitative estimate of drug-likeness (QED) is 0.768. The van der Waals surface area contributed by atoms with Crippen molar-refractivity contribution in [1.82, 2.24) is 15.3 Å². The molecule has 1 N–H and O–H groups in total. The van der Waals surface area contributed by atoms with Gasteiger partial charge in [0, 0.05) is 31.6 Å². The maximum Gasteiger partial charge on any atom is 0.227 e. The van der Waals surface area contributed by atoms with Crippen molar-refractivity contribution < 1.29 is 0 Å². The van der Waals surface area contributed by atoms with Gasteiger partial charge in [-0.15, -0.1) is 0 Å². The minimum absolute atomic E-state index is 0.653. The van der Waals surface area contributed by atoms with Gasteiger partial charge in [-0.05, 0) is 25.8 Å². The Hall–Kier alpha value is -0.870. The third-order valence-corrected chi connectivity index (χ3v) is 3.82. The van der Waals surface area contributed by atoms with E-state index in [0.717, 1.165) is 56.2 Å². The van der Waals surface area contributed by atoms with Crippen LogP contribution in [-0.4, -0.2) is 36.1 Å². The molecule has 0 amide bonds. The highest BCUT2D eigenvalue weighted by Gasteiger charge is 2.20. The summed E-state index contributed by atoms with van der Waals surface area (Å²) in [6.07, 6.45) is 4.37. The van der Waals surface area contributed by atoms with Gasteiger partial charge in [-0.2, -0.15) is 0 Å². The van der Waals surface area contributed by atoms with Gasteiger partial charge in [-0.25, -0.2) is 9.97 Å². The molecule has 17 heavy (non-hydrogen) atoms. The second-order valence-corrected chi connectivity index (χ2v) is 5.04. The highest BCUT2D eigenvalue weighted by Crippen LogP contribution is 2.24. The molecule has 2 aliphatic heterocycles. The van der Waals surface area contributed by atoms with Crippen molar-refractivity contribution in [3.63, 3.8) is 0 Å². The van der Waals surface area contributed by atoms with Crippen LogP contribution in [0.25, 0.3) is 0 Å². The van der Waals surface area contributed by atoms with Gasteiger partial charge in [0.05, 0.1) is 5.69 Å². The second-order valence-electron chi connectivity index (χ2n) is 4.68. The predicted molar refractivity (Wildman–Crippen MR) is 68.8 cm³/mol. The van der Waals surface area contributed by atoms with Gasteiger partial charge in [0.1, 0.15) is 5.15 Å². The summed E-state index contributed by atoms with van der Waals surface area (Å²) < 4.78 is 0. The van der Waals surface area contributed by atoms with Crippen LogP contribution in [-0.2, 0) is 12.8 Å². The van der Waals surface area contributed by atoms with E-state index in [1.807, 2.05) is 0 Å². The van der Waals surface area contributed by atoms with Gasteiger partial charge in [0.25, 0.3) is 0 Å². The van der Waals surface area contributed by atoms with Crippen LogP contribution >= 0.6 is 11.6 Å². The molecule has 2 aliphatic rings. The lowest BCUT2D eigenvalue weighted by Crippen LogP contribution is -2.21. The zero-order chi connectivity index (χ0) is 11.7. The third kappa shape index (κ3) is 2.24. The maximum atomic E-state index is 6.29. The van der Waals surface area contributed by atoms with Gasteiger partial charge in [0.2, 0.25) is 5.95 Å². The van der Waals surface area contributed by atoms with Crippen molar-refractivity contribution in [1.29, 1.82) is 0 Å². The monoisotopic (exact) mass is 252 g/mol. The Morgan fingerprint density at radius 2 is 1.82 bits per heavy atom. The van der Waals surface area contributed by atoms with Crippen molar-refractivity contribution in [2.24, 2.45) is 0 Å². The lowest BCUT2D eigenvalue weighted by atomic mass is 10.1. The Kier molecular flexibility index (Phi) is 3.16. The molecule has 0 radical (unpaired) electrons. The number of aromatic nitrogens is 2. The van der Waals surface area contributed by atoms with E-state index in [1.165, 1.54) is 12.8 Å². The predicted octanol–water partition coefficient (Wildman–Crippen LogP) is 1.42. The standard InChI is InChI=1S/C12H17ClN4/c13-11-9-3-5-14-6-4-10(9)15-12(16-11)17-7-1-2-8-17/h14H,1-8H2. The number of rotatable bonds is 1. The molecule has 0 saturated carbocycles. The van der Waals surface area contributed by atoms with Crippen molar-refractivity contribution in [2.75, 3.05) is 31.1 Å².